The third kappa shape index (κ3) is 2.41. The number of rotatable bonds is 2. The second-order valence-corrected chi connectivity index (χ2v) is 8.12. The third-order valence-corrected chi connectivity index (χ3v) is 6.52. The van der Waals surface area contributed by atoms with Crippen LogP contribution in [0.15, 0.2) is 50.7 Å². The molecule has 0 spiro atoms. The van der Waals surface area contributed by atoms with Crippen molar-refractivity contribution in [1.29, 1.82) is 0 Å². The van der Waals surface area contributed by atoms with E-state index in [-0.39, 0.29) is 10.7 Å². The maximum Gasteiger partial charge on any atom is 0.243 e. The monoisotopic (exact) mass is 322 g/mol. The standard InChI is InChI=1S/C14H14N2O3S2/c1-16(2)21(18,19)13-5-3-4-10-14(13)20-12-7-6-9(17)8-11(12)15-10/h3-5,7-8,15H,6H2,1-2H3. The zero-order valence-corrected chi connectivity index (χ0v) is 13.2. The molecule has 1 N–H and O–H groups in total. The summed E-state index contributed by atoms with van der Waals surface area (Å²) in [7, 11) is -0.481. The highest BCUT2D eigenvalue weighted by atomic mass is 32.2. The molecule has 7 heteroatoms. The number of nitrogens with zero attached hydrogens (tertiary/aromatic N) is 1. The number of nitrogens with one attached hydrogen (secondary N) is 1. The normalized spacial score (nSPS) is 17.6. The van der Waals surface area contributed by atoms with E-state index in [0.29, 0.717) is 17.0 Å². The number of ketones is 1. The van der Waals surface area contributed by atoms with Gasteiger partial charge in [-0.3, -0.25) is 4.79 Å². The predicted molar refractivity (Wildman–Crippen MR) is 82.6 cm³/mol. The van der Waals surface area contributed by atoms with Gasteiger partial charge in [0.05, 0.1) is 21.2 Å². The van der Waals surface area contributed by atoms with Crippen LogP contribution in [0.2, 0.25) is 0 Å². The number of benzene rings is 1. The number of thioether (sulfide) groups is 1. The first-order chi connectivity index (χ1) is 9.89. The molecule has 5 nitrogen and oxygen atoms in total. The minimum Gasteiger partial charge on any atom is -0.354 e. The van der Waals surface area contributed by atoms with E-state index in [1.165, 1.54) is 30.2 Å². The van der Waals surface area contributed by atoms with Crippen LogP contribution in [0.5, 0.6) is 0 Å². The Morgan fingerprint density at radius 2 is 2.05 bits per heavy atom. The lowest BCUT2D eigenvalue weighted by Gasteiger charge is -2.27. The summed E-state index contributed by atoms with van der Waals surface area (Å²) in [5.74, 6) is 0.0439. The number of carbonyl (C=O) groups excluding carboxylic acids is 1. The zero-order chi connectivity index (χ0) is 15.2. The highest BCUT2D eigenvalue weighted by molar-refractivity contribution is 8.04. The van der Waals surface area contributed by atoms with Gasteiger partial charge in [-0.15, -0.1) is 0 Å². The summed E-state index contributed by atoms with van der Waals surface area (Å²) in [6, 6.07) is 5.11. The van der Waals surface area contributed by atoms with E-state index < -0.39 is 10.0 Å². The molecule has 0 fully saturated rings. The first kappa shape index (κ1) is 14.4. The third-order valence-electron chi connectivity index (χ3n) is 3.28. The van der Waals surface area contributed by atoms with Gasteiger partial charge in [-0.05, 0) is 12.1 Å². The maximum atomic E-state index is 12.4. The molecule has 110 valence electrons. The Morgan fingerprint density at radius 1 is 1.29 bits per heavy atom. The minimum atomic E-state index is -3.51. The summed E-state index contributed by atoms with van der Waals surface area (Å²) < 4.78 is 26.0. The lowest BCUT2D eigenvalue weighted by molar-refractivity contribution is -0.113. The Kier molecular flexibility index (Phi) is 3.43. The second kappa shape index (κ2) is 5.01. The smallest absolute Gasteiger partial charge is 0.243 e. The molecule has 1 aromatic carbocycles. The largest absolute Gasteiger partial charge is 0.354 e. The van der Waals surface area contributed by atoms with Crippen LogP contribution in [0.25, 0.3) is 0 Å². The fourth-order valence-corrected chi connectivity index (χ4v) is 4.60. The molecule has 0 amide bonds. The highest BCUT2D eigenvalue weighted by Gasteiger charge is 2.29. The lowest BCUT2D eigenvalue weighted by Crippen LogP contribution is -2.24. The molecule has 21 heavy (non-hydrogen) atoms. The Labute approximate surface area is 127 Å². The van der Waals surface area contributed by atoms with Crippen molar-refractivity contribution in [3.8, 4) is 0 Å². The van der Waals surface area contributed by atoms with Crippen molar-refractivity contribution in [2.75, 3.05) is 19.4 Å². The highest BCUT2D eigenvalue weighted by Crippen LogP contribution is 2.46. The van der Waals surface area contributed by atoms with Gasteiger partial charge in [0.2, 0.25) is 10.0 Å². The van der Waals surface area contributed by atoms with Crippen molar-refractivity contribution in [2.24, 2.45) is 0 Å². The molecular formula is C14H14N2O3S2. The molecule has 1 aliphatic heterocycles. The molecular weight excluding hydrogens is 308 g/mol. The molecule has 1 heterocycles. The Bertz CT molecular complexity index is 792. The minimum absolute atomic E-state index is 0.0439. The molecule has 0 radical (unpaired) electrons. The van der Waals surface area contributed by atoms with Crippen molar-refractivity contribution in [3.63, 3.8) is 0 Å². The van der Waals surface area contributed by atoms with Crippen molar-refractivity contribution in [2.45, 2.75) is 16.2 Å². The van der Waals surface area contributed by atoms with Gasteiger partial charge in [-0.25, -0.2) is 12.7 Å². The van der Waals surface area contributed by atoms with Crippen LogP contribution < -0.4 is 5.32 Å². The summed E-state index contributed by atoms with van der Waals surface area (Å²) >= 11 is 1.39. The molecule has 2 aliphatic rings. The first-order valence-electron chi connectivity index (χ1n) is 6.35. The molecule has 0 unspecified atom stereocenters. The van der Waals surface area contributed by atoms with Gasteiger partial charge in [0.25, 0.3) is 0 Å². The van der Waals surface area contributed by atoms with Crippen molar-refractivity contribution < 1.29 is 13.2 Å². The van der Waals surface area contributed by atoms with Crippen molar-refractivity contribution in [1.82, 2.24) is 4.31 Å². The number of fused-ring (bicyclic) bond motifs is 2. The van der Waals surface area contributed by atoms with Crippen LogP contribution in [0.1, 0.15) is 6.42 Å². The topological polar surface area (TPSA) is 66.5 Å². The predicted octanol–water partition coefficient (Wildman–Crippen LogP) is 2.20. The van der Waals surface area contributed by atoms with Gasteiger partial charge in [0.15, 0.2) is 5.78 Å². The van der Waals surface area contributed by atoms with Gasteiger partial charge in [-0.2, -0.15) is 0 Å². The van der Waals surface area contributed by atoms with Crippen LogP contribution in [0.3, 0.4) is 0 Å². The van der Waals surface area contributed by atoms with E-state index in [9.17, 15) is 13.2 Å². The SMILES string of the molecule is CN(C)S(=O)(=O)c1cccc2c1SC1=CCC(=O)C=C1N2. The summed E-state index contributed by atoms with van der Waals surface area (Å²) in [4.78, 5) is 13.3. The van der Waals surface area contributed by atoms with E-state index >= 15 is 0 Å². The Balaban J connectivity index is 2.14. The van der Waals surface area contributed by atoms with Crippen LogP contribution in [0, 0.1) is 0 Å². The number of hydrogen-bond donors (Lipinski definition) is 1. The van der Waals surface area contributed by atoms with E-state index in [1.807, 2.05) is 12.1 Å². The number of sulfonamides is 1. The van der Waals surface area contributed by atoms with Crippen LogP contribution in [0.4, 0.5) is 5.69 Å². The lowest BCUT2D eigenvalue weighted by atomic mass is 10.1. The molecule has 1 aromatic rings. The van der Waals surface area contributed by atoms with Crippen molar-refractivity contribution in [3.05, 3.63) is 41.0 Å². The van der Waals surface area contributed by atoms with Gasteiger partial charge in [0, 0.05) is 31.5 Å². The van der Waals surface area contributed by atoms with Gasteiger partial charge >= 0.3 is 0 Å². The molecule has 3 rings (SSSR count). The number of hydrogen-bond acceptors (Lipinski definition) is 5. The van der Waals surface area contributed by atoms with E-state index in [1.54, 1.807) is 18.2 Å². The summed E-state index contributed by atoms with van der Waals surface area (Å²) in [5.41, 5.74) is 1.45. The zero-order valence-electron chi connectivity index (χ0n) is 11.6. The molecule has 0 bridgehead atoms. The molecule has 0 aromatic heterocycles. The van der Waals surface area contributed by atoms with Gasteiger partial charge in [-0.1, -0.05) is 23.9 Å². The Hall–Kier alpha value is -1.57. The summed E-state index contributed by atoms with van der Waals surface area (Å²) in [5, 5.41) is 3.15. The number of carbonyl (C=O) groups is 1. The Morgan fingerprint density at radius 3 is 2.76 bits per heavy atom. The number of anilines is 1. The molecule has 1 aliphatic carbocycles. The quantitative estimate of drug-likeness (QED) is 0.904. The second-order valence-electron chi connectivity index (χ2n) is 4.94. The van der Waals surface area contributed by atoms with Crippen LogP contribution in [-0.4, -0.2) is 32.6 Å². The molecule has 0 saturated carbocycles. The van der Waals surface area contributed by atoms with E-state index in [0.717, 1.165) is 10.6 Å². The first-order valence-corrected chi connectivity index (χ1v) is 8.61. The molecule has 0 saturated heterocycles. The fourth-order valence-electron chi connectivity index (χ4n) is 2.16. The van der Waals surface area contributed by atoms with Crippen LogP contribution >= 0.6 is 11.8 Å². The maximum absolute atomic E-state index is 12.4. The van der Waals surface area contributed by atoms with Gasteiger partial charge in [0.1, 0.15) is 0 Å². The van der Waals surface area contributed by atoms with Crippen molar-refractivity contribution >= 4 is 33.3 Å². The summed E-state index contributed by atoms with van der Waals surface area (Å²) in [6.45, 7) is 0. The molecule has 0 atom stereocenters. The average molecular weight is 322 g/mol. The van der Waals surface area contributed by atoms with Crippen LogP contribution in [-0.2, 0) is 14.8 Å². The van der Waals surface area contributed by atoms with E-state index in [2.05, 4.69) is 5.32 Å². The fraction of sp³-hybridized carbons (Fsp3) is 0.214. The van der Waals surface area contributed by atoms with E-state index in [4.69, 9.17) is 0 Å². The average Bonchev–Trinajstić information content (AvgIpc) is 2.44. The summed E-state index contributed by atoms with van der Waals surface area (Å²) in [6.07, 6.45) is 3.75. The number of allylic oxidation sites excluding steroid dienone is 2. The van der Waals surface area contributed by atoms with Gasteiger partial charge < -0.3 is 5.32 Å².